The van der Waals surface area contributed by atoms with Gasteiger partial charge >= 0.3 is 0 Å². The van der Waals surface area contributed by atoms with Crippen LogP contribution in [-0.4, -0.2) is 14.4 Å². The second-order valence-electron chi connectivity index (χ2n) is 12.8. The molecule has 0 aliphatic rings. The molecule has 0 N–H and O–H groups in total. The third-order valence-corrected chi connectivity index (χ3v) is 9.62. The summed E-state index contributed by atoms with van der Waals surface area (Å²) < 4.78 is 2.19. The molecule has 232 valence electrons. The fourth-order valence-corrected chi connectivity index (χ4v) is 7.28. The zero-order valence-corrected chi connectivity index (χ0v) is 27.4. The summed E-state index contributed by atoms with van der Waals surface area (Å²) in [6, 6.07) is 56.7. The number of aromatic nitrogens is 3. The first-order valence-electron chi connectivity index (χ1n) is 16.7. The lowest BCUT2D eigenvalue weighted by Crippen LogP contribution is -1.93. The van der Waals surface area contributed by atoms with Crippen LogP contribution in [0.25, 0.3) is 83.1 Å². The van der Waals surface area contributed by atoms with Crippen LogP contribution in [0.1, 0.15) is 11.4 Å². The normalized spacial score (nSPS) is 11.5. The number of pyridine rings is 2. The van der Waals surface area contributed by atoms with Crippen LogP contribution in [0.2, 0.25) is 0 Å². The van der Waals surface area contributed by atoms with Crippen LogP contribution in [0.4, 0.5) is 0 Å². The van der Waals surface area contributed by atoms with E-state index in [2.05, 4.69) is 163 Å². The van der Waals surface area contributed by atoms with Crippen molar-refractivity contribution in [2.75, 3.05) is 0 Å². The first kappa shape index (κ1) is 28.9. The average Bonchev–Trinajstić information content (AvgIpc) is 3.54. The molecule has 0 bridgehead atoms. The van der Waals surface area contributed by atoms with Gasteiger partial charge in [-0.05, 0) is 106 Å². The summed E-state index contributed by atoms with van der Waals surface area (Å²) in [6.45, 7) is 4.16. The fourth-order valence-electron chi connectivity index (χ4n) is 7.28. The molecule has 0 aliphatic heterocycles. The summed E-state index contributed by atoms with van der Waals surface area (Å²) in [7, 11) is 0. The van der Waals surface area contributed by atoms with Crippen molar-refractivity contribution in [1.82, 2.24) is 14.4 Å². The molecule has 0 atom stereocenters. The van der Waals surface area contributed by atoms with E-state index < -0.39 is 0 Å². The van der Waals surface area contributed by atoms with Gasteiger partial charge in [0.2, 0.25) is 0 Å². The van der Waals surface area contributed by atoms with Crippen molar-refractivity contribution in [2.45, 2.75) is 13.8 Å². The predicted octanol–water partition coefficient (Wildman–Crippen LogP) is 12.0. The Labute approximate surface area is 285 Å². The second-order valence-corrected chi connectivity index (χ2v) is 12.8. The van der Waals surface area contributed by atoms with E-state index in [0.29, 0.717) is 0 Å². The molecule has 0 saturated carbocycles. The Balaban J connectivity index is 1.23. The number of hydrogen-bond acceptors (Lipinski definition) is 2. The minimum Gasteiger partial charge on any atom is -0.299 e. The Morgan fingerprint density at radius 2 is 1.08 bits per heavy atom. The molecular formula is C46H33N3. The minimum absolute atomic E-state index is 0.933. The highest BCUT2D eigenvalue weighted by Crippen LogP contribution is 2.40. The minimum atomic E-state index is 0.933. The molecule has 6 aromatic carbocycles. The van der Waals surface area contributed by atoms with Crippen molar-refractivity contribution in [2.24, 2.45) is 0 Å². The molecule has 0 radical (unpaired) electrons. The summed E-state index contributed by atoms with van der Waals surface area (Å²) in [6.07, 6.45) is 2.10. The summed E-state index contributed by atoms with van der Waals surface area (Å²) in [5, 5.41) is 5.03. The molecule has 0 aliphatic carbocycles. The molecule has 0 amide bonds. The van der Waals surface area contributed by atoms with Crippen LogP contribution in [0.15, 0.2) is 164 Å². The lowest BCUT2D eigenvalue weighted by atomic mass is 9.89. The summed E-state index contributed by atoms with van der Waals surface area (Å²) in [5.74, 6) is 0. The maximum absolute atomic E-state index is 5.05. The average molecular weight is 628 g/mol. The van der Waals surface area contributed by atoms with Crippen LogP contribution in [0.3, 0.4) is 0 Å². The molecule has 3 aromatic heterocycles. The van der Waals surface area contributed by atoms with E-state index in [1.807, 2.05) is 19.1 Å². The van der Waals surface area contributed by atoms with Gasteiger partial charge in [-0.3, -0.25) is 9.38 Å². The topological polar surface area (TPSA) is 30.2 Å². The number of aryl methyl sites for hydroxylation is 2. The molecular weight excluding hydrogens is 595 g/mol. The maximum Gasteiger partial charge on any atom is 0.137 e. The van der Waals surface area contributed by atoms with E-state index in [9.17, 15) is 0 Å². The smallest absolute Gasteiger partial charge is 0.137 e. The summed E-state index contributed by atoms with van der Waals surface area (Å²) in [4.78, 5) is 9.88. The van der Waals surface area contributed by atoms with Crippen LogP contribution in [0.5, 0.6) is 0 Å². The highest BCUT2D eigenvalue weighted by Gasteiger charge is 2.17. The summed E-state index contributed by atoms with van der Waals surface area (Å²) in [5.41, 5.74) is 14.3. The molecule has 3 heterocycles. The van der Waals surface area contributed by atoms with Gasteiger partial charge in [-0.15, -0.1) is 0 Å². The zero-order chi connectivity index (χ0) is 32.9. The molecule has 9 rings (SSSR count). The molecule has 0 spiro atoms. The van der Waals surface area contributed by atoms with Gasteiger partial charge in [0.15, 0.2) is 0 Å². The molecule has 3 nitrogen and oxygen atoms in total. The monoisotopic (exact) mass is 627 g/mol. The van der Waals surface area contributed by atoms with Crippen LogP contribution < -0.4 is 0 Å². The van der Waals surface area contributed by atoms with Gasteiger partial charge in [0, 0.05) is 34.3 Å². The Hall–Kier alpha value is -6.32. The van der Waals surface area contributed by atoms with E-state index in [-0.39, 0.29) is 0 Å². The number of nitrogens with zero attached hydrogens (tertiary/aromatic N) is 3. The van der Waals surface area contributed by atoms with Gasteiger partial charge in [-0.25, -0.2) is 4.98 Å². The third-order valence-electron chi connectivity index (χ3n) is 9.62. The molecule has 9 aromatic rings. The maximum atomic E-state index is 5.05. The molecule has 0 unspecified atom stereocenters. The van der Waals surface area contributed by atoms with Crippen molar-refractivity contribution in [1.29, 1.82) is 0 Å². The van der Waals surface area contributed by atoms with Gasteiger partial charge in [-0.1, -0.05) is 115 Å². The number of benzene rings is 6. The van der Waals surface area contributed by atoms with Gasteiger partial charge < -0.3 is 0 Å². The highest BCUT2D eigenvalue weighted by molar-refractivity contribution is 6.14. The fraction of sp³-hybridized carbons (Fsp3) is 0.0435. The molecule has 49 heavy (non-hydrogen) atoms. The van der Waals surface area contributed by atoms with E-state index >= 15 is 0 Å². The largest absolute Gasteiger partial charge is 0.299 e. The molecule has 0 saturated heterocycles. The third kappa shape index (κ3) is 5.08. The van der Waals surface area contributed by atoms with Gasteiger partial charge in [0.25, 0.3) is 0 Å². The van der Waals surface area contributed by atoms with Crippen LogP contribution in [0, 0.1) is 13.8 Å². The second kappa shape index (κ2) is 11.7. The molecule has 3 heteroatoms. The Kier molecular flexibility index (Phi) is 6.91. The SMILES string of the molecule is Cc1ccc(-c2cc(-c3ccc(-c4c(-c5ccccc5)nc5ccccn45)cc3)cc(-c3cc4ccccc4c4ccccc34)c2)c(C)n1. The van der Waals surface area contributed by atoms with Crippen LogP contribution >= 0.6 is 0 Å². The van der Waals surface area contributed by atoms with Crippen molar-refractivity contribution in [3.05, 3.63) is 175 Å². The van der Waals surface area contributed by atoms with Gasteiger partial charge in [-0.2, -0.15) is 0 Å². The lowest BCUT2D eigenvalue weighted by molar-refractivity contribution is 1.13. The Morgan fingerprint density at radius 1 is 0.429 bits per heavy atom. The van der Waals surface area contributed by atoms with E-state index in [1.54, 1.807) is 0 Å². The molecule has 0 fully saturated rings. The van der Waals surface area contributed by atoms with Crippen LogP contribution in [-0.2, 0) is 0 Å². The first-order valence-corrected chi connectivity index (χ1v) is 16.7. The van der Waals surface area contributed by atoms with Crippen molar-refractivity contribution in [3.63, 3.8) is 0 Å². The van der Waals surface area contributed by atoms with E-state index in [4.69, 9.17) is 9.97 Å². The van der Waals surface area contributed by atoms with Crippen molar-refractivity contribution in [3.8, 4) is 55.9 Å². The van der Waals surface area contributed by atoms with Crippen molar-refractivity contribution >= 4 is 27.2 Å². The quantitative estimate of drug-likeness (QED) is 0.178. The summed E-state index contributed by atoms with van der Waals surface area (Å²) >= 11 is 0. The highest BCUT2D eigenvalue weighted by atomic mass is 15.0. The van der Waals surface area contributed by atoms with Gasteiger partial charge in [0.1, 0.15) is 5.65 Å². The predicted molar refractivity (Wildman–Crippen MR) is 205 cm³/mol. The number of hydrogen-bond donors (Lipinski definition) is 0. The number of imidazole rings is 1. The van der Waals surface area contributed by atoms with Crippen molar-refractivity contribution < 1.29 is 0 Å². The zero-order valence-electron chi connectivity index (χ0n) is 27.4. The number of rotatable bonds is 5. The Bertz CT molecular complexity index is 2670. The first-order chi connectivity index (χ1) is 24.1. The lowest BCUT2D eigenvalue weighted by Gasteiger charge is -2.16. The van der Waals surface area contributed by atoms with E-state index in [1.165, 1.54) is 32.7 Å². The number of fused-ring (bicyclic) bond motifs is 4. The standard InChI is InChI=1S/C46H33N3/c1-30-19-24-39(31(2)47-30)37-26-36(27-38(28-37)43-29-35-14-6-7-15-40(35)41-16-8-9-17-42(41)43)32-20-22-34(23-21-32)46-45(33-12-4-3-5-13-33)48-44-18-10-11-25-49(44)46/h3-29H,1-2H3. The van der Waals surface area contributed by atoms with Gasteiger partial charge in [0.05, 0.1) is 11.4 Å². The Morgan fingerprint density at radius 3 is 1.88 bits per heavy atom. The van der Waals surface area contributed by atoms with E-state index in [0.717, 1.165) is 61.8 Å².